The van der Waals surface area contributed by atoms with E-state index in [4.69, 9.17) is 5.73 Å². The summed E-state index contributed by atoms with van der Waals surface area (Å²) in [7, 11) is -3.62. The van der Waals surface area contributed by atoms with Gasteiger partial charge in [-0.25, -0.2) is 8.42 Å². The standard InChI is InChI=1S/C14H15BrN2O2S/c1-10-6-7-12(8-11(10)9-16)20(18,19)17-14-5-3-2-4-13(14)15/h2-8,17H,9,16H2,1H3. The number of aryl methyl sites for hydroxylation is 1. The minimum Gasteiger partial charge on any atom is -0.326 e. The number of hydrogen-bond acceptors (Lipinski definition) is 3. The van der Waals surface area contributed by atoms with Crippen molar-refractivity contribution in [3.8, 4) is 0 Å². The van der Waals surface area contributed by atoms with Gasteiger partial charge in [0, 0.05) is 11.0 Å². The van der Waals surface area contributed by atoms with Crippen molar-refractivity contribution in [3.63, 3.8) is 0 Å². The van der Waals surface area contributed by atoms with Gasteiger partial charge in [0.15, 0.2) is 0 Å². The van der Waals surface area contributed by atoms with Crippen LogP contribution in [-0.4, -0.2) is 8.42 Å². The molecule has 0 aliphatic rings. The molecular weight excluding hydrogens is 340 g/mol. The summed E-state index contributed by atoms with van der Waals surface area (Å²) in [5, 5.41) is 0. The zero-order valence-electron chi connectivity index (χ0n) is 10.9. The van der Waals surface area contributed by atoms with Crippen LogP contribution >= 0.6 is 15.9 Å². The molecule has 0 aliphatic carbocycles. The van der Waals surface area contributed by atoms with Crippen LogP contribution in [-0.2, 0) is 16.6 Å². The van der Waals surface area contributed by atoms with E-state index < -0.39 is 10.0 Å². The summed E-state index contributed by atoms with van der Waals surface area (Å²) in [5.41, 5.74) is 7.92. The van der Waals surface area contributed by atoms with Gasteiger partial charge in [-0.05, 0) is 58.2 Å². The van der Waals surface area contributed by atoms with Gasteiger partial charge in [0.05, 0.1) is 10.6 Å². The van der Waals surface area contributed by atoms with Crippen molar-refractivity contribution >= 4 is 31.6 Å². The molecule has 0 fully saturated rings. The number of hydrogen-bond donors (Lipinski definition) is 2. The predicted octanol–water partition coefficient (Wildman–Crippen LogP) is 3.02. The van der Waals surface area contributed by atoms with E-state index in [-0.39, 0.29) is 4.90 Å². The van der Waals surface area contributed by atoms with Crippen molar-refractivity contribution < 1.29 is 8.42 Å². The molecule has 3 N–H and O–H groups in total. The molecule has 0 saturated carbocycles. The van der Waals surface area contributed by atoms with Crippen molar-refractivity contribution in [2.75, 3.05) is 4.72 Å². The van der Waals surface area contributed by atoms with Gasteiger partial charge in [0.25, 0.3) is 10.0 Å². The molecule has 20 heavy (non-hydrogen) atoms. The van der Waals surface area contributed by atoms with Gasteiger partial charge in [0.1, 0.15) is 0 Å². The first-order chi connectivity index (χ1) is 9.44. The Morgan fingerprint density at radius 2 is 1.90 bits per heavy atom. The van der Waals surface area contributed by atoms with Crippen LogP contribution in [0.25, 0.3) is 0 Å². The first-order valence-electron chi connectivity index (χ1n) is 6.01. The molecule has 2 aromatic rings. The summed E-state index contributed by atoms with van der Waals surface area (Å²) in [5.74, 6) is 0. The topological polar surface area (TPSA) is 72.2 Å². The van der Waals surface area contributed by atoms with Crippen molar-refractivity contribution in [1.82, 2.24) is 0 Å². The van der Waals surface area contributed by atoms with Crippen LogP contribution in [0.4, 0.5) is 5.69 Å². The number of sulfonamides is 1. The highest BCUT2D eigenvalue weighted by atomic mass is 79.9. The highest BCUT2D eigenvalue weighted by Gasteiger charge is 2.16. The molecule has 0 aliphatic heterocycles. The van der Waals surface area contributed by atoms with E-state index in [1.165, 1.54) is 0 Å². The first-order valence-corrected chi connectivity index (χ1v) is 8.28. The van der Waals surface area contributed by atoms with Gasteiger partial charge in [-0.15, -0.1) is 0 Å². The minimum atomic E-state index is -3.62. The van der Waals surface area contributed by atoms with E-state index in [9.17, 15) is 8.42 Å². The normalized spacial score (nSPS) is 11.3. The lowest BCUT2D eigenvalue weighted by Crippen LogP contribution is -2.14. The maximum absolute atomic E-state index is 12.4. The number of nitrogens with two attached hydrogens (primary N) is 1. The largest absolute Gasteiger partial charge is 0.326 e. The SMILES string of the molecule is Cc1ccc(S(=O)(=O)Nc2ccccc2Br)cc1CN. The second-order valence-electron chi connectivity index (χ2n) is 4.38. The van der Waals surface area contributed by atoms with E-state index in [0.717, 1.165) is 11.1 Å². The van der Waals surface area contributed by atoms with Crippen LogP contribution in [0.15, 0.2) is 51.8 Å². The van der Waals surface area contributed by atoms with E-state index in [0.29, 0.717) is 16.7 Å². The summed E-state index contributed by atoms with van der Waals surface area (Å²) in [6.45, 7) is 2.21. The first kappa shape index (κ1) is 15.0. The fraction of sp³-hybridized carbons (Fsp3) is 0.143. The third-order valence-corrected chi connectivity index (χ3v) is 5.02. The lowest BCUT2D eigenvalue weighted by molar-refractivity contribution is 0.601. The van der Waals surface area contributed by atoms with Crippen molar-refractivity contribution in [2.45, 2.75) is 18.4 Å². The molecule has 0 aromatic heterocycles. The Morgan fingerprint density at radius 3 is 2.55 bits per heavy atom. The Kier molecular flexibility index (Phi) is 4.47. The van der Waals surface area contributed by atoms with E-state index >= 15 is 0 Å². The van der Waals surface area contributed by atoms with Crippen molar-refractivity contribution in [2.24, 2.45) is 5.73 Å². The Morgan fingerprint density at radius 1 is 1.20 bits per heavy atom. The average Bonchev–Trinajstić information content (AvgIpc) is 2.41. The Hall–Kier alpha value is -1.37. The predicted molar refractivity (Wildman–Crippen MR) is 84.0 cm³/mol. The van der Waals surface area contributed by atoms with Gasteiger partial charge in [-0.1, -0.05) is 18.2 Å². The lowest BCUT2D eigenvalue weighted by atomic mass is 10.1. The summed E-state index contributed by atoms with van der Waals surface area (Å²) in [6, 6.07) is 12.0. The second kappa shape index (κ2) is 5.95. The highest BCUT2D eigenvalue weighted by Crippen LogP contribution is 2.25. The molecule has 0 unspecified atom stereocenters. The summed E-state index contributed by atoms with van der Waals surface area (Å²) < 4.78 is 28.0. The zero-order valence-corrected chi connectivity index (χ0v) is 13.3. The van der Waals surface area contributed by atoms with Crippen molar-refractivity contribution in [1.29, 1.82) is 0 Å². The molecule has 0 spiro atoms. The Labute approximate surface area is 127 Å². The number of rotatable bonds is 4. The van der Waals surface area contributed by atoms with Crippen LogP contribution in [0, 0.1) is 6.92 Å². The summed E-state index contributed by atoms with van der Waals surface area (Å²) >= 11 is 3.31. The van der Waals surface area contributed by atoms with Crippen molar-refractivity contribution in [3.05, 3.63) is 58.1 Å². The van der Waals surface area contributed by atoms with E-state index in [2.05, 4.69) is 20.7 Å². The fourth-order valence-electron chi connectivity index (χ4n) is 1.78. The molecule has 0 amide bonds. The quantitative estimate of drug-likeness (QED) is 0.886. The van der Waals surface area contributed by atoms with Gasteiger partial charge < -0.3 is 5.73 Å². The van der Waals surface area contributed by atoms with Crippen LogP contribution < -0.4 is 10.5 Å². The lowest BCUT2D eigenvalue weighted by Gasteiger charge is -2.11. The number of para-hydroxylation sites is 1. The van der Waals surface area contributed by atoms with E-state index in [1.807, 2.05) is 13.0 Å². The van der Waals surface area contributed by atoms with Gasteiger partial charge >= 0.3 is 0 Å². The molecule has 4 nitrogen and oxygen atoms in total. The third kappa shape index (κ3) is 3.20. The average molecular weight is 355 g/mol. The smallest absolute Gasteiger partial charge is 0.261 e. The molecule has 0 bridgehead atoms. The Balaban J connectivity index is 2.38. The van der Waals surface area contributed by atoms with Crippen LogP contribution in [0.2, 0.25) is 0 Å². The molecular formula is C14H15BrN2O2S. The molecule has 0 radical (unpaired) electrons. The molecule has 2 rings (SSSR count). The molecule has 2 aromatic carbocycles. The van der Waals surface area contributed by atoms with Gasteiger partial charge in [-0.3, -0.25) is 4.72 Å². The maximum atomic E-state index is 12.4. The number of nitrogens with one attached hydrogen (secondary N) is 1. The Bertz CT molecular complexity index is 730. The molecule has 6 heteroatoms. The second-order valence-corrected chi connectivity index (χ2v) is 6.91. The zero-order chi connectivity index (χ0) is 14.8. The number of benzene rings is 2. The fourth-order valence-corrected chi connectivity index (χ4v) is 3.43. The molecule has 0 heterocycles. The van der Waals surface area contributed by atoms with Crippen LogP contribution in [0.1, 0.15) is 11.1 Å². The summed E-state index contributed by atoms with van der Waals surface area (Å²) in [4.78, 5) is 0.208. The van der Waals surface area contributed by atoms with Gasteiger partial charge in [0.2, 0.25) is 0 Å². The maximum Gasteiger partial charge on any atom is 0.261 e. The molecule has 0 saturated heterocycles. The third-order valence-electron chi connectivity index (χ3n) is 2.97. The minimum absolute atomic E-state index is 0.208. The monoisotopic (exact) mass is 354 g/mol. The molecule has 106 valence electrons. The van der Waals surface area contributed by atoms with Gasteiger partial charge in [-0.2, -0.15) is 0 Å². The highest BCUT2D eigenvalue weighted by molar-refractivity contribution is 9.10. The molecule has 0 atom stereocenters. The van der Waals surface area contributed by atoms with E-state index in [1.54, 1.807) is 36.4 Å². The van der Waals surface area contributed by atoms with Crippen LogP contribution in [0.5, 0.6) is 0 Å². The summed E-state index contributed by atoms with van der Waals surface area (Å²) in [6.07, 6.45) is 0. The van der Waals surface area contributed by atoms with Crippen LogP contribution in [0.3, 0.4) is 0 Å². The number of halogens is 1. The number of anilines is 1.